The Balaban J connectivity index is 1.78. The van der Waals surface area contributed by atoms with Crippen molar-refractivity contribution in [3.05, 3.63) is 29.8 Å². The van der Waals surface area contributed by atoms with Crippen LogP contribution in [0.3, 0.4) is 0 Å². The van der Waals surface area contributed by atoms with Crippen LogP contribution >= 0.6 is 12.2 Å². The van der Waals surface area contributed by atoms with Gasteiger partial charge in [0.2, 0.25) is 0 Å². The van der Waals surface area contributed by atoms with Gasteiger partial charge in [0.05, 0.1) is 0 Å². The van der Waals surface area contributed by atoms with Crippen molar-refractivity contribution >= 4 is 23.0 Å². The molecule has 1 aliphatic rings. The molecule has 1 aliphatic heterocycles. The minimum absolute atomic E-state index is 0.627. The van der Waals surface area contributed by atoms with Gasteiger partial charge in [-0.2, -0.15) is 0 Å². The van der Waals surface area contributed by atoms with Gasteiger partial charge in [0.25, 0.3) is 0 Å². The van der Waals surface area contributed by atoms with Crippen LogP contribution in [0.5, 0.6) is 0 Å². The van der Waals surface area contributed by atoms with Crippen LogP contribution in [0.2, 0.25) is 0 Å². The van der Waals surface area contributed by atoms with E-state index >= 15 is 0 Å². The number of thiocarbonyl (C=S) groups is 1. The Hall–Kier alpha value is -1.13. The lowest BCUT2D eigenvalue weighted by Crippen LogP contribution is -2.41. The van der Waals surface area contributed by atoms with Crippen molar-refractivity contribution in [2.24, 2.45) is 0 Å². The van der Waals surface area contributed by atoms with Crippen molar-refractivity contribution in [3.8, 4) is 0 Å². The van der Waals surface area contributed by atoms with Gasteiger partial charge in [0.1, 0.15) is 0 Å². The maximum Gasteiger partial charge on any atom is 0.170 e. The summed E-state index contributed by atoms with van der Waals surface area (Å²) in [5.74, 6) is 0. The highest BCUT2D eigenvalue weighted by molar-refractivity contribution is 7.80. The van der Waals surface area contributed by atoms with Crippen molar-refractivity contribution in [2.45, 2.75) is 32.7 Å². The lowest BCUT2D eigenvalue weighted by molar-refractivity contribution is 0.267. The van der Waals surface area contributed by atoms with E-state index in [1.807, 2.05) is 12.1 Å². The number of nitrogens with zero attached hydrogens (tertiary/aromatic N) is 1. The molecule has 0 unspecified atom stereocenters. The summed E-state index contributed by atoms with van der Waals surface area (Å²) in [5, 5.41) is 7.29. The van der Waals surface area contributed by atoms with Crippen LogP contribution in [0.25, 0.3) is 0 Å². The molecule has 0 aliphatic carbocycles. The monoisotopic (exact) mass is 277 g/mol. The number of likely N-dealkylation sites (N-methyl/N-ethyl adjacent to an activating group) is 1. The second-order valence-electron chi connectivity index (χ2n) is 5.13. The van der Waals surface area contributed by atoms with E-state index in [0.29, 0.717) is 11.2 Å². The molecule has 104 valence electrons. The molecule has 2 rings (SSSR count). The molecule has 0 bridgehead atoms. The fraction of sp³-hybridized carbons (Fsp3) is 0.533. The molecule has 1 heterocycles. The van der Waals surface area contributed by atoms with Gasteiger partial charge in [-0.25, -0.2) is 0 Å². The van der Waals surface area contributed by atoms with Crippen LogP contribution in [0, 0.1) is 6.92 Å². The number of anilines is 1. The lowest BCUT2D eigenvalue weighted by atomic mass is 10.2. The fourth-order valence-corrected chi connectivity index (χ4v) is 2.85. The van der Waals surface area contributed by atoms with Gasteiger partial charge in [-0.1, -0.05) is 19.1 Å². The summed E-state index contributed by atoms with van der Waals surface area (Å²) >= 11 is 5.35. The molecule has 1 aromatic rings. The first-order valence-corrected chi connectivity index (χ1v) is 7.45. The van der Waals surface area contributed by atoms with Crippen molar-refractivity contribution in [3.63, 3.8) is 0 Å². The van der Waals surface area contributed by atoms with Gasteiger partial charge < -0.3 is 10.6 Å². The molecule has 1 fully saturated rings. The van der Waals surface area contributed by atoms with Crippen LogP contribution in [0.1, 0.15) is 25.3 Å². The average molecular weight is 277 g/mol. The van der Waals surface area contributed by atoms with E-state index in [4.69, 9.17) is 12.2 Å². The fourth-order valence-electron chi connectivity index (χ4n) is 2.65. The predicted molar refractivity (Wildman–Crippen MR) is 85.7 cm³/mol. The first-order chi connectivity index (χ1) is 9.19. The van der Waals surface area contributed by atoms with Crippen molar-refractivity contribution in [1.82, 2.24) is 10.2 Å². The zero-order chi connectivity index (χ0) is 13.7. The molecule has 0 saturated carbocycles. The summed E-state index contributed by atoms with van der Waals surface area (Å²) in [6.45, 7) is 7.60. The van der Waals surface area contributed by atoms with Gasteiger partial charge in [-0.15, -0.1) is 0 Å². The number of rotatable bonds is 4. The third-order valence-electron chi connectivity index (χ3n) is 3.68. The Morgan fingerprint density at radius 1 is 1.47 bits per heavy atom. The molecule has 19 heavy (non-hydrogen) atoms. The topological polar surface area (TPSA) is 27.3 Å². The maximum atomic E-state index is 5.35. The van der Waals surface area contributed by atoms with E-state index in [1.54, 1.807) is 0 Å². The van der Waals surface area contributed by atoms with Crippen LogP contribution < -0.4 is 10.6 Å². The van der Waals surface area contributed by atoms with E-state index in [-0.39, 0.29) is 0 Å². The number of likely N-dealkylation sites (tertiary alicyclic amines) is 1. The summed E-state index contributed by atoms with van der Waals surface area (Å²) in [6, 6.07) is 8.88. The van der Waals surface area contributed by atoms with E-state index in [9.17, 15) is 0 Å². The summed E-state index contributed by atoms with van der Waals surface area (Å²) in [4.78, 5) is 2.52. The highest BCUT2D eigenvalue weighted by Gasteiger charge is 2.22. The minimum Gasteiger partial charge on any atom is -0.361 e. The van der Waals surface area contributed by atoms with E-state index in [2.05, 4.69) is 41.5 Å². The Bertz CT molecular complexity index is 433. The van der Waals surface area contributed by atoms with Crippen molar-refractivity contribution in [2.75, 3.05) is 25.0 Å². The van der Waals surface area contributed by atoms with Crippen LogP contribution in [0.4, 0.5) is 5.69 Å². The highest BCUT2D eigenvalue weighted by Crippen LogP contribution is 2.15. The van der Waals surface area contributed by atoms with Crippen molar-refractivity contribution in [1.29, 1.82) is 0 Å². The number of benzene rings is 1. The Kier molecular flexibility index (Phi) is 5.16. The Labute approximate surface area is 121 Å². The molecule has 1 atom stereocenters. The maximum absolute atomic E-state index is 5.35. The Morgan fingerprint density at radius 3 is 3.05 bits per heavy atom. The molecular weight excluding hydrogens is 254 g/mol. The first kappa shape index (κ1) is 14.3. The molecule has 0 radical (unpaired) electrons. The molecule has 1 aromatic carbocycles. The van der Waals surface area contributed by atoms with Gasteiger partial charge in [0.15, 0.2) is 5.11 Å². The largest absolute Gasteiger partial charge is 0.361 e. The molecule has 4 heteroatoms. The summed E-state index contributed by atoms with van der Waals surface area (Å²) in [6.07, 6.45) is 2.58. The first-order valence-electron chi connectivity index (χ1n) is 7.04. The van der Waals surface area contributed by atoms with E-state index < -0.39 is 0 Å². The van der Waals surface area contributed by atoms with E-state index in [1.165, 1.54) is 24.9 Å². The SMILES string of the molecule is CCN1CCC[C@H]1CNC(=S)Nc1cccc(C)c1. The third kappa shape index (κ3) is 4.18. The Morgan fingerprint density at radius 2 is 2.32 bits per heavy atom. The minimum atomic E-state index is 0.627. The summed E-state index contributed by atoms with van der Waals surface area (Å²) in [7, 11) is 0. The average Bonchev–Trinajstić information content (AvgIpc) is 2.83. The molecule has 1 saturated heterocycles. The van der Waals surface area contributed by atoms with Crippen LogP contribution in [0.15, 0.2) is 24.3 Å². The summed E-state index contributed by atoms with van der Waals surface area (Å²) in [5.41, 5.74) is 2.29. The highest BCUT2D eigenvalue weighted by atomic mass is 32.1. The number of aryl methyl sites for hydroxylation is 1. The molecule has 0 amide bonds. The number of hydrogen-bond acceptors (Lipinski definition) is 2. The molecule has 2 N–H and O–H groups in total. The van der Waals surface area contributed by atoms with Gasteiger partial charge in [-0.05, 0) is 62.8 Å². The standard InChI is InChI=1S/C15H23N3S/c1-3-18-9-5-8-14(18)11-16-15(19)17-13-7-4-6-12(2)10-13/h4,6-7,10,14H,3,5,8-9,11H2,1-2H3,(H2,16,17,19)/t14-/m0/s1. The van der Waals surface area contributed by atoms with Crippen LogP contribution in [-0.2, 0) is 0 Å². The smallest absolute Gasteiger partial charge is 0.170 e. The third-order valence-corrected chi connectivity index (χ3v) is 3.93. The summed E-state index contributed by atoms with van der Waals surface area (Å²) < 4.78 is 0. The molecule has 0 spiro atoms. The zero-order valence-electron chi connectivity index (χ0n) is 11.8. The molecular formula is C15H23N3S. The number of hydrogen-bond donors (Lipinski definition) is 2. The van der Waals surface area contributed by atoms with Crippen LogP contribution in [-0.4, -0.2) is 35.7 Å². The van der Waals surface area contributed by atoms with E-state index in [0.717, 1.165) is 18.8 Å². The van der Waals surface area contributed by atoms with Gasteiger partial charge >= 0.3 is 0 Å². The lowest BCUT2D eigenvalue weighted by Gasteiger charge is -2.23. The van der Waals surface area contributed by atoms with Gasteiger partial charge in [0, 0.05) is 18.3 Å². The second kappa shape index (κ2) is 6.87. The zero-order valence-corrected chi connectivity index (χ0v) is 12.6. The van der Waals surface area contributed by atoms with Crippen molar-refractivity contribution < 1.29 is 0 Å². The number of nitrogens with one attached hydrogen (secondary N) is 2. The molecule has 3 nitrogen and oxygen atoms in total. The normalized spacial score (nSPS) is 19.4. The quantitative estimate of drug-likeness (QED) is 0.828. The predicted octanol–water partition coefficient (Wildman–Crippen LogP) is 2.77. The van der Waals surface area contributed by atoms with Gasteiger partial charge in [-0.3, -0.25) is 4.90 Å². The molecule has 0 aromatic heterocycles. The second-order valence-corrected chi connectivity index (χ2v) is 5.54.